The Bertz CT molecular complexity index is 898. The Morgan fingerprint density at radius 2 is 1.92 bits per heavy atom. The van der Waals surface area contributed by atoms with Gasteiger partial charge in [-0.1, -0.05) is 11.6 Å². The van der Waals surface area contributed by atoms with Crippen LogP contribution in [-0.2, 0) is 15.8 Å². The van der Waals surface area contributed by atoms with E-state index in [1.165, 1.54) is 18.2 Å². The first-order chi connectivity index (χ1) is 12.2. The van der Waals surface area contributed by atoms with Crippen molar-refractivity contribution in [3.63, 3.8) is 0 Å². The van der Waals surface area contributed by atoms with Crippen molar-refractivity contribution in [2.75, 3.05) is 11.5 Å². The molecule has 2 aromatic carbocycles. The van der Waals surface area contributed by atoms with E-state index in [1.807, 2.05) is 0 Å². The van der Waals surface area contributed by atoms with Crippen LogP contribution in [0.15, 0.2) is 36.4 Å². The van der Waals surface area contributed by atoms with Crippen molar-refractivity contribution >= 4 is 34.9 Å². The Balaban J connectivity index is 2.19. The maximum atomic E-state index is 13.1. The van der Waals surface area contributed by atoms with E-state index in [-0.39, 0.29) is 34.5 Å². The maximum Gasteiger partial charge on any atom is 0.416 e. The lowest BCUT2D eigenvalue weighted by atomic mass is 10.1. The first kappa shape index (κ1) is 18.1. The largest absolute Gasteiger partial charge is 0.482 e. The fraction of sp³-hybridized carbons (Fsp3) is 0.176. The molecule has 9 heteroatoms. The second kappa shape index (κ2) is 6.53. The Labute approximate surface area is 150 Å². The number of nitrogens with zero attached hydrogens (tertiary/aromatic N) is 1. The third kappa shape index (κ3) is 3.45. The monoisotopic (exact) mass is 385 g/mol. The third-order valence-corrected chi connectivity index (χ3v) is 3.78. The number of esters is 1. The molecule has 0 unspecified atom stereocenters. The molecule has 0 N–H and O–H groups in total. The first-order valence-corrected chi connectivity index (χ1v) is 7.69. The molecule has 1 aliphatic heterocycles. The summed E-state index contributed by atoms with van der Waals surface area (Å²) < 4.78 is 49.5. The molecule has 0 radical (unpaired) electrons. The summed E-state index contributed by atoms with van der Waals surface area (Å²) in [7, 11) is 0. The number of carbonyl (C=O) groups excluding carboxylic acids is 2. The number of anilines is 2. The van der Waals surface area contributed by atoms with Gasteiger partial charge in [0.25, 0.3) is 5.91 Å². The van der Waals surface area contributed by atoms with Crippen LogP contribution in [0.25, 0.3) is 0 Å². The van der Waals surface area contributed by atoms with E-state index in [0.29, 0.717) is 0 Å². The molecule has 3 rings (SSSR count). The van der Waals surface area contributed by atoms with Crippen molar-refractivity contribution in [2.45, 2.75) is 13.1 Å². The molecular formula is C17H11ClF3NO4. The van der Waals surface area contributed by atoms with Gasteiger partial charge in [-0.05, 0) is 36.4 Å². The summed E-state index contributed by atoms with van der Waals surface area (Å²) in [5.41, 5.74) is -1.02. The summed E-state index contributed by atoms with van der Waals surface area (Å²) in [4.78, 5) is 24.7. The number of halogens is 4. The Morgan fingerprint density at radius 1 is 1.19 bits per heavy atom. The van der Waals surface area contributed by atoms with E-state index in [9.17, 15) is 22.8 Å². The minimum Gasteiger partial charge on any atom is -0.482 e. The number of fused-ring (bicyclic) bond motifs is 1. The van der Waals surface area contributed by atoms with Crippen LogP contribution in [-0.4, -0.2) is 18.5 Å². The average Bonchev–Trinajstić information content (AvgIpc) is 2.55. The molecule has 0 atom stereocenters. The number of hydrogen-bond donors (Lipinski definition) is 0. The highest BCUT2D eigenvalue weighted by molar-refractivity contribution is 6.31. The SMILES string of the molecule is CC(=O)Oc1ccc(Cl)cc1N1C(=O)COc2ccc(C(F)(F)F)cc21. The van der Waals surface area contributed by atoms with Crippen molar-refractivity contribution in [2.24, 2.45) is 0 Å². The zero-order valence-corrected chi connectivity index (χ0v) is 14.0. The molecule has 0 saturated heterocycles. The first-order valence-electron chi connectivity index (χ1n) is 7.32. The van der Waals surface area contributed by atoms with Gasteiger partial charge in [0.1, 0.15) is 5.75 Å². The van der Waals surface area contributed by atoms with Gasteiger partial charge in [-0.25, -0.2) is 0 Å². The zero-order valence-electron chi connectivity index (χ0n) is 13.3. The number of carbonyl (C=O) groups is 2. The number of rotatable bonds is 2. The van der Waals surface area contributed by atoms with Crippen molar-refractivity contribution in [1.82, 2.24) is 0 Å². The third-order valence-electron chi connectivity index (χ3n) is 3.54. The number of alkyl halides is 3. The van der Waals surface area contributed by atoms with Gasteiger partial charge < -0.3 is 9.47 Å². The molecule has 136 valence electrons. The standard InChI is InChI=1S/C17H11ClF3NO4/c1-9(23)26-15-5-3-11(18)7-13(15)22-12-6-10(17(19,20)21)2-4-14(12)25-8-16(22)24/h2-7H,8H2,1H3. The summed E-state index contributed by atoms with van der Waals surface area (Å²) in [6, 6.07) is 6.90. The molecule has 26 heavy (non-hydrogen) atoms. The Morgan fingerprint density at radius 3 is 2.58 bits per heavy atom. The van der Waals surface area contributed by atoms with Gasteiger partial charge in [-0.15, -0.1) is 0 Å². The lowest BCUT2D eigenvalue weighted by Crippen LogP contribution is -2.35. The van der Waals surface area contributed by atoms with Crippen molar-refractivity contribution in [3.05, 3.63) is 47.0 Å². The molecule has 1 amide bonds. The number of amides is 1. The van der Waals surface area contributed by atoms with Crippen LogP contribution in [0, 0.1) is 0 Å². The molecule has 0 saturated carbocycles. The second-order valence-corrected chi connectivity index (χ2v) is 5.84. The second-order valence-electron chi connectivity index (χ2n) is 5.40. The topological polar surface area (TPSA) is 55.8 Å². The summed E-state index contributed by atoms with van der Waals surface area (Å²) in [5, 5.41) is 0.212. The summed E-state index contributed by atoms with van der Waals surface area (Å²) in [5.74, 6) is -1.21. The highest BCUT2D eigenvalue weighted by atomic mass is 35.5. The molecule has 0 fully saturated rings. The van der Waals surface area contributed by atoms with Crippen molar-refractivity contribution in [1.29, 1.82) is 0 Å². The molecule has 0 aromatic heterocycles. The van der Waals surface area contributed by atoms with Crippen LogP contribution in [0.4, 0.5) is 24.5 Å². The molecule has 2 aromatic rings. The Kier molecular flexibility index (Phi) is 4.53. The predicted octanol–water partition coefficient (Wildman–Crippen LogP) is 4.34. The molecule has 0 bridgehead atoms. The zero-order chi connectivity index (χ0) is 19.1. The maximum absolute atomic E-state index is 13.1. The van der Waals surface area contributed by atoms with Crippen LogP contribution in [0.2, 0.25) is 5.02 Å². The molecule has 5 nitrogen and oxygen atoms in total. The summed E-state index contributed by atoms with van der Waals surface area (Å²) in [6.45, 7) is 0.777. The number of benzene rings is 2. The molecule has 1 aliphatic rings. The molecule has 0 aliphatic carbocycles. The van der Waals surface area contributed by atoms with Gasteiger partial charge in [0.05, 0.1) is 16.9 Å². The number of hydrogen-bond acceptors (Lipinski definition) is 4. The van der Waals surface area contributed by atoms with E-state index in [0.717, 1.165) is 30.0 Å². The fourth-order valence-electron chi connectivity index (χ4n) is 2.50. The van der Waals surface area contributed by atoms with Gasteiger partial charge in [0, 0.05) is 11.9 Å². The van der Waals surface area contributed by atoms with E-state index >= 15 is 0 Å². The summed E-state index contributed by atoms with van der Waals surface area (Å²) >= 11 is 5.96. The van der Waals surface area contributed by atoms with E-state index in [1.54, 1.807) is 0 Å². The Hall–Kier alpha value is -2.74. The fourth-order valence-corrected chi connectivity index (χ4v) is 2.67. The molecular weight excluding hydrogens is 375 g/mol. The minimum absolute atomic E-state index is 0.0134. The van der Waals surface area contributed by atoms with E-state index in [2.05, 4.69) is 0 Å². The quantitative estimate of drug-likeness (QED) is 0.570. The van der Waals surface area contributed by atoms with E-state index in [4.69, 9.17) is 21.1 Å². The van der Waals surface area contributed by atoms with Gasteiger partial charge in [-0.2, -0.15) is 13.2 Å². The normalized spacial score (nSPS) is 13.9. The average molecular weight is 386 g/mol. The number of ether oxygens (including phenoxy) is 2. The predicted molar refractivity (Wildman–Crippen MR) is 86.8 cm³/mol. The van der Waals surface area contributed by atoms with Gasteiger partial charge in [0.2, 0.25) is 0 Å². The van der Waals surface area contributed by atoms with Crippen LogP contribution in [0.1, 0.15) is 12.5 Å². The van der Waals surface area contributed by atoms with Gasteiger partial charge in [0.15, 0.2) is 12.4 Å². The van der Waals surface area contributed by atoms with Gasteiger partial charge >= 0.3 is 12.1 Å². The van der Waals surface area contributed by atoms with E-state index < -0.39 is 23.6 Å². The lowest BCUT2D eigenvalue weighted by Gasteiger charge is -2.31. The van der Waals surface area contributed by atoms with Crippen molar-refractivity contribution < 1.29 is 32.2 Å². The summed E-state index contributed by atoms with van der Waals surface area (Å²) in [6.07, 6.45) is -4.60. The lowest BCUT2D eigenvalue weighted by molar-refractivity contribution is -0.137. The van der Waals surface area contributed by atoms with Crippen LogP contribution in [0.5, 0.6) is 11.5 Å². The van der Waals surface area contributed by atoms with Crippen molar-refractivity contribution in [3.8, 4) is 11.5 Å². The smallest absolute Gasteiger partial charge is 0.416 e. The molecule has 0 spiro atoms. The minimum atomic E-state index is -4.60. The molecule has 1 heterocycles. The van der Waals surface area contributed by atoms with Crippen LogP contribution in [0.3, 0.4) is 0 Å². The van der Waals surface area contributed by atoms with Crippen LogP contribution < -0.4 is 14.4 Å². The van der Waals surface area contributed by atoms with Crippen LogP contribution >= 0.6 is 11.6 Å². The highest BCUT2D eigenvalue weighted by Gasteiger charge is 2.35. The highest BCUT2D eigenvalue weighted by Crippen LogP contribution is 2.44. The van der Waals surface area contributed by atoms with Gasteiger partial charge in [-0.3, -0.25) is 14.5 Å².